The highest BCUT2D eigenvalue weighted by Gasteiger charge is 2.20. The van der Waals surface area contributed by atoms with Gasteiger partial charge in [0.25, 0.3) is 5.91 Å². The number of pyridine rings is 1. The van der Waals surface area contributed by atoms with Crippen molar-refractivity contribution in [3.8, 4) is 0 Å². The molecule has 0 radical (unpaired) electrons. The normalized spacial score (nSPS) is 14.5. The number of nitrogens with one attached hydrogen (secondary N) is 2. The number of hydrogen-bond donors (Lipinski definition) is 2. The van der Waals surface area contributed by atoms with Crippen molar-refractivity contribution in [3.63, 3.8) is 0 Å². The lowest BCUT2D eigenvalue weighted by molar-refractivity contribution is 0.0952. The number of amides is 1. The van der Waals surface area contributed by atoms with E-state index >= 15 is 0 Å². The number of carbonyl (C=O) groups excluding carboxylic acids is 1. The number of aromatic nitrogens is 1. The Morgan fingerprint density at radius 2 is 2.24 bits per heavy atom. The van der Waals surface area contributed by atoms with Crippen LogP contribution in [0.25, 0.3) is 0 Å². The lowest BCUT2D eigenvalue weighted by atomic mass is 10.2. The Balaban J connectivity index is 1.94. The molecule has 1 aromatic rings. The van der Waals surface area contributed by atoms with Gasteiger partial charge in [0, 0.05) is 24.8 Å². The zero-order chi connectivity index (χ0) is 12.3. The van der Waals surface area contributed by atoms with Crippen molar-refractivity contribution < 1.29 is 4.79 Å². The predicted octanol–water partition coefficient (Wildman–Crippen LogP) is 1.96. The first kappa shape index (κ1) is 11.9. The summed E-state index contributed by atoms with van der Waals surface area (Å²) in [5.41, 5.74) is 1.53. The molecular weight excluding hydrogens is 214 g/mol. The predicted molar refractivity (Wildman–Crippen MR) is 68.2 cm³/mol. The van der Waals surface area contributed by atoms with Crippen molar-refractivity contribution in [3.05, 3.63) is 23.4 Å². The van der Waals surface area contributed by atoms with Gasteiger partial charge in [0.2, 0.25) is 0 Å². The zero-order valence-corrected chi connectivity index (χ0v) is 10.4. The maximum absolute atomic E-state index is 11.9. The van der Waals surface area contributed by atoms with Crippen LogP contribution in [0, 0.1) is 12.8 Å². The highest BCUT2D eigenvalue weighted by atomic mass is 16.1. The summed E-state index contributed by atoms with van der Waals surface area (Å²) in [6.07, 6.45) is 3.76. The van der Waals surface area contributed by atoms with Crippen molar-refractivity contribution >= 4 is 11.7 Å². The van der Waals surface area contributed by atoms with E-state index in [4.69, 9.17) is 0 Å². The summed E-state index contributed by atoms with van der Waals surface area (Å²) in [7, 11) is 1.80. The smallest absolute Gasteiger partial charge is 0.251 e. The van der Waals surface area contributed by atoms with Crippen molar-refractivity contribution in [2.24, 2.45) is 5.92 Å². The zero-order valence-electron chi connectivity index (χ0n) is 10.4. The Labute approximate surface area is 102 Å². The minimum atomic E-state index is -0.00681. The fraction of sp³-hybridized carbons (Fsp3) is 0.538. The fourth-order valence-electron chi connectivity index (χ4n) is 1.83. The van der Waals surface area contributed by atoms with Gasteiger partial charge in [-0.2, -0.15) is 0 Å². The topological polar surface area (TPSA) is 54.0 Å². The fourth-order valence-corrected chi connectivity index (χ4v) is 1.83. The van der Waals surface area contributed by atoms with Gasteiger partial charge in [0.15, 0.2) is 0 Å². The van der Waals surface area contributed by atoms with Crippen molar-refractivity contribution in [1.29, 1.82) is 0 Å². The molecule has 17 heavy (non-hydrogen) atoms. The quantitative estimate of drug-likeness (QED) is 0.817. The molecule has 4 nitrogen and oxygen atoms in total. The monoisotopic (exact) mass is 233 g/mol. The Bertz CT molecular complexity index is 413. The molecule has 1 heterocycles. The average Bonchev–Trinajstić information content (AvgIpc) is 3.12. The maximum atomic E-state index is 11.9. The standard InChI is InChI=1S/C13H19N3O/c1-9-7-11(8-12(14-2)16-9)13(17)15-6-5-10-3-4-10/h7-8,10H,3-6H2,1-2H3,(H,14,16)(H,15,17). The van der Waals surface area contributed by atoms with E-state index in [-0.39, 0.29) is 5.91 Å². The second-order valence-corrected chi connectivity index (χ2v) is 4.62. The molecule has 0 bridgehead atoms. The van der Waals surface area contributed by atoms with E-state index in [1.807, 2.05) is 13.0 Å². The van der Waals surface area contributed by atoms with Crippen LogP contribution < -0.4 is 10.6 Å². The van der Waals surface area contributed by atoms with E-state index in [0.717, 1.165) is 30.4 Å². The van der Waals surface area contributed by atoms with Crippen LogP contribution in [-0.2, 0) is 0 Å². The van der Waals surface area contributed by atoms with Crippen LogP contribution in [0.5, 0.6) is 0 Å². The number of nitrogens with zero attached hydrogens (tertiary/aromatic N) is 1. The number of carbonyl (C=O) groups is 1. The number of hydrogen-bond acceptors (Lipinski definition) is 3. The highest BCUT2D eigenvalue weighted by molar-refractivity contribution is 5.94. The largest absolute Gasteiger partial charge is 0.373 e. The molecule has 1 aromatic heterocycles. The molecule has 1 fully saturated rings. The van der Waals surface area contributed by atoms with E-state index in [1.165, 1.54) is 12.8 Å². The van der Waals surface area contributed by atoms with Gasteiger partial charge in [-0.05, 0) is 31.4 Å². The van der Waals surface area contributed by atoms with Gasteiger partial charge in [0.1, 0.15) is 5.82 Å². The summed E-state index contributed by atoms with van der Waals surface area (Å²) in [6, 6.07) is 3.59. The minimum absolute atomic E-state index is 0.00681. The van der Waals surface area contributed by atoms with Gasteiger partial charge in [-0.15, -0.1) is 0 Å². The molecule has 0 aliphatic heterocycles. The molecule has 1 aliphatic carbocycles. The second-order valence-electron chi connectivity index (χ2n) is 4.62. The van der Waals surface area contributed by atoms with Gasteiger partial charge in [-0.3, -0.25) is 4.79 Å². The highest BCUT2D eigenvalue weighted by Crippen LogP contribution is 2.31. The number of anilines is 1. The first-order valence-electron chi connectivity index (χ1n) is 6.13. The van der Waals surface area contributed by atoms with E-state index in [9.17, 15) is 4.79 Å². The molecule has 92 valence electrons. The lowest BCUT2D eigenvalue weighted by Gasteiger charge is -2.07. The Morgan fingerprint density at radius 1 is 1.47 bits per heavy atom. The minimum Gasteiger partial charge on any atom is -0.373 e. The summed E-state index contributed by atoms with van der Waals surface area (Å²) in [4.78, 5) is 16.2. The molecule has 0 atom stereocenters. The van der Waals surface area contributed by atoms with Gasteiger partial charge < -0.3 is 10.6 Å². The molecule has 4 heteroatoms. The SMILES string of the molecule is CNc1cc(C(=O)NCCC2CC2)cc(C)n1. The summed E-state index contributed by atoms with van der Waals surface area (Å²) in [5.74, 6) is 1.58. The first-order valence-corrected chi connectivity index (χ1v) is 6.13. The van der Waals surface area contributed by atoms with Crippen LogP contribution in [-0.4, -0.2) is 24.5 Å². The summed E-state index contributed by atoms with van der Waals surface area (Å²) < 4.78 is 0. The van der Waals surface area contributed by atoms with Crippen LogP contribution in [0.2, 0.25) is 0 Å². The van der Waals surface area contributed by atoms with Crippen LogP contribution >= 0.6 is 0 Å². The maximum Gasteiger partial charge on any atom is 0.251 e. The van der Waals surface area contributed by atoms with E-state index < -0.39 is 0 Å². The third-order valence-electron chi connectivity index (χ3n) is 3.01. The number of aryl methyl sites for hydroxylation is 1. The van der Waals surface area contributed by atoms with Crippen LogP contribution in [0.1, 0.15) is 35.3 Å². The molecule has 0 aromatic carbocycles. The van der Waals surface area contributed by atoms with E-state index in [2.05, 4.69) is 15.6 Å². The van der Waals surface area contributed by atoms with Crippen LogP contribution in [0.3, 0.4) is 0 Å². The molecule has 1 aliphatic rings. The Morgan fingerprint density at radius 3 is 2.88 bits per heavy atom. The van der Waals surface area contributed by atoms with Crippen molar-refractivity contribution in [2.75, 3.05) is 18.9 Å². The third-order valence-corrected chi connectivity index (χ3v) is 3.01. The molecular formula is C13H19N3O. The Kier molecular flexibility index (Phi) is 3.61. The van der Waals surface area contributed by atoms with E-state index in [1.54, 1.807) is 13.1 Å². The van der Waals surface area contributed by atoms with E-state index in [0.29, 0.717) is 5.56 Å². The molecule has 1 amide bonds. The molecule has 0 saturated heterocycles. The first-order chi connectivity index (χ1) is 8.19. The number of rotatable bonds is 5. The summed E-state index contributed by atoms with van der Waals surface area (Å²) in [6.45, 7) is 2.67. The van der Waals surface area contributed by atoms with Gasteiger partial charge >= 0.3 is 0 Å². The van der Waals surface area contributed by atoms with Crippen LogP contribution in [0.15, 0.2) is 12.1 Å². The third kappa shape index (κ3) is 3.44. The average molecular weight is 233 g/mol. The van der Waals surface area contributed by atoms with Gasteiger partial charge in [-0.1, -0.05) is 12.8 Å². The molecule has 2 rings (SSSR count). The summed E-state index contributed by atoms with van der Waals surface area (Å²) in [5, 5.41) is 5.91. The molecule has 1 saturated carbocycles. The lowest BCUT2D eigenvalue weighted by Crippen LogP contribution is -2.25. The van der Waals surface area contributed by atoms with Crippen molar-refractivity contribution in [1.82, 2.24) is 10.3 Å². The second kappa shape index (κ2) is 5.17. The summed E-state index contributed by atoms with van der Waals surface area (Å²) >= 11 is 0. The van der Waals surface area contributed by atoms with Gasteiger partial charge in [0.05, 0.1) is 0 Å². The Hall–Kier alpha value is -1.58. The molecule has 2 N–H and O–H groups in total. The van der Waals surface area contributed by atoms with Crippen LogP contribution in [0.4, 0.5) is 5.82 Å². The van der Waals surface area contributed by atoms with Gasteiger partial charge in [-0.25, -0.2) is 4.98 Å². The molecule has 0 spiro atoms. The molecule has 0 unspecified atom stereocenters. The van der Waals surface area contributed by atoms with Crippen molar-refractivity contribution in [2.45, 2.75) is 26.2 Å².